The van der Waals surface area contributed by atoms with Gasteiger partial charge in [0.15, 0.2) is 0 Å². The van der Waals surface area contributed by atoms with Crippen LogP contribution in [0.3, 0.4) is 0 Å². The van der Waals surface area contributed by atoms with Gasteiger partial charge in [-0.05, 0) is 0 Å². The summed E-state index contributed by atoms with van der Waals surface area (Å²) >= 11 is 0. The number of hydrogen-bond donors (Lipinski definition) is 1. The number of carboxylic acid groups (broad SMARTS) is 1. The van der Waals surface area contributed by atoms with Gasteiger partial charge in [0, 0.05) is 12.2 Å². The number of aliphatic carboxylic acids is 1. The number of halogens is 3. The number of ether oxygens (including phenoxy) is 1. The van der Waals surface area contributed by atoms with E-state index >= 15 is 0 Å². The van der Waals surface area contributed by atoms with Crippen molar-refractivity contribution in [2.75, 3.05) is 0 Å². The zero-order valence-electron chi connectivity index (χ0n) is 6.12. The summed E-state index contributed by atoms with van der Waals surface area (Å²) in [4.78, 5) is 20.1. The second-order valence-corrected chi connectivity index (χ2v) is 1.79. The summed E-state index contributed by atoms with van der Waals surface area (Å²) in [5.74, 6) is -2.94. The molecule has 0 fully saturated rings. The van der Waals surface area contributed by atoms with Gasteiger partial charge in [-0.15, -0.1) is 0 Å². The van der Waals surface area contributed by atoms with Crippen molar-refractivity contribution < 1.29 is 32.6 Å². The third-order valence-corrected chi connectivity index (χ3v) is 0.789. The molecule has 0 saturated heterocycles. The maximum absolute atomic E-state index is 11.9. The van der Waals surface area contributed by atoms with E-state index in [1.807, 2.05) is 0 Å². The monoisotopic (exact) mass is 198 g/mol. The SMILES string of the molecule is O=C(O)C=CC(=O)OC(F)C(F)F. The van der Waals surface area contributed by atoms with Gasteiger partial charge in [0.1, 0.15) is 0 Å². The molecular formula is C6H5F3O4. The molecule has 13 heavy (non-hydrogen) atoms. The number of carbonyl (C=O) groups excluding carboxylic acids is 1. The molecule has 0 spiro atoms. The number of alkyl halides is 3. The Morgan fingerprint density at radius 3 is 2.15 bits per heavy atom. The van der Waals surface area contributed by atoms with Gasteiger partial charge >= 0.3 is 24.7 Å². The minimum atomic E-state index is -3.44. The second-order valence-electron chi connectivity index (χ2n) is 1.79. The molecule has 0 aliphatic rings. The fraction of sp³-hybridized carbons (Fsp3) is 0.333. The van der Waals surface area contributed by atoms with E-state index in [4.69, 9.17) is 5.11 Å². The van der Waals surface area contributed by atoms with Crippen LogP contribution in [-0.4, -0.2) is 29.8 Å². The maximum atomic E-state index is 11.9. The molecule has 0 aromatic carbocycles. The average molecular weight is 198 g/mol. The number of esters is 1. The smallest absolute Gasteiger partial charge is 0.333 e. The molecule has 1 N–H and O–H groups in total. The van der Waals surface area contributed by atoms with E-state index in [1.165, 1.54) is 0 Å². The topological polar surface area (TPSA) is 63.6 Å². The van der Waals surface area contributed by atoms with E-state index in [1.54, 1.807) is 0 Å². The van der Waals surface area contributed by atoms with Crippen molar-refractivity contribution in [1.29, 1.82) is 0 Å². The lowest BCUT2D eigenvalue weighted by molar-refractivity contribution is -0.168. The highest BCUT2D eigenvalue weighted by molar-refractivity contribution is 5.90. The molecule has 7 heteroatoms. The van der Waals surface area contributed by atoms with Crippen molar-refractivity contribution in [2.24, 2.45) is 0 Å². The number of hydrogen-bond acceptors (Lipinski definition) is 3. The zero-order chi connectivity index (χ0) is 10.4. The van der Waals surface area contributed by atoms with Crippen LogP contribution in [0.2, 0.25) is 0 Å². The summed E-state index contributed by atoms with van der Waals surface area (Å²) in [5.41, 5.74) is 0. The van der Waals surface area contributed by atoms with Crippen LogP contribution in [0, 0.1) is 0 Å². The quantitative estimate of drug-likeness (QED) is 0.534. The lowest BCUT2D eigenvalue weighted by Gasteiger charge is -2.05. The standard InChI is InChI=1S/C6H5F3O4/c7-5(8)6(9)13-4(12)2-1-3(10)11/h1-2,5-6H,(H,10,11). The minimum Gasteiger partial charge on any atom is -0.478 e. The van der Waals surface area contributed by atoms with Gasteiger partial charge in [-0.25, -0.2) is 18.4 Å². The third kappa shape index (κ3) is 5.71. The Balaban J connectivity index is 3.95. The molecule has 0 aromatic rings. The first-order valence-corrected chi connectivity index (χ1v) is 2.97. The molecule has 0 rings (SSSR count). The summed E-state index contributed by atoms with van der Waals surface area (Å²) in [5, 5.41) is 7.97. The summed E-state index contributed by atoms with van der Waals surface area (Å²) in [7, 11) is 0. The summed E-state index contributed by atoms with van der Waals surface area (Å²) < 4.78 is 38.2. The lowest BCUT2D eigenvalue weighted by Crippen LogP contribution is -2.19. The minimum absolute atomic E-state index is 0.331. The Morgan fingerprint density at radius 1 is 1.23 bits per heavy atom. The first kappa shape index (κ1) is 11.5. The van der Waals surface area contributed by atoms with Crippen LogP contribution >= 0.6 is 0 Å². The third-order valence-electron chi connectivity index (χ3n) is 0.789. The van der Waals surface area contributed by atoms with Gasteiger partial charge in [0.25, 0.3) is 0 Å². The van der Waals surface area contributed by atoms with Gasteiger partial charge < -0.3 is 9.84 Å². The zero-order valence-corrected chi connectivity index (χ0v) is 6.12. The Hall–Kier alpha value is -1.53. The summed E-state index contributed by atoms with van der Waals surface area (Å²) in [6, 6.07) is 0. The van der Waals surface area contributed by atoms with Crippen molar-refractivity contribution >= 4 is 11.9 Å². The van der Waals surface area contributed by atoms with Crippen molar-refractivity contribution in [3.05, 3.63) is 12.2 Å². The summed E-state index contributed by atoms with van der Waals surface area (Å²) in [6.07, 6.45) is -5.80. The van der Waals surface area contributed by atoms with Gasteiger partial charge in [-0.1, -0.05) is 0 Å². The number of rotatable bonds is 4. The first-order chi connectivity index (χ1) is 5.93. The molecular weight excluding hydrogens is 193 g/mol. The fourth-order valence-electron chi connectivity index (χ4n) is 0.341. The van der Waals surface area contributed by atoms with Crippen molar-refractivity contribution in [2.45, 2.75) is 12.8 Å². The van der Waals surface area contributed by atoms with Crippen LogP contribution < -0.4 is 0 Å². The van der Waals surface area contributed by atoms with E-state index in [0.29, 0.717) is 12.2 Å². The molecule has 0 radical (unpaired) electrons. The normalized spacial score (nSPS) is 13.2. The van der Waals surface area contributed by atoms with Crippen LogP contribution in [0.4, 0.5) is 13.2 Å². The van der Waals surface area contributed by atoms with Crippen LogP contribution in [0.25, 0.3) is 0 Å². The van der Waals surface area contributed by atoms with Gasteiger partial charge in [-0.3, -0.25) is 0 Å². The molecule has 0 amide bonds. The molecule has 4 nitrogen and oxygen atoms in total. The van der Waals surface area contributed by atoms with Crippen molar-refractivity contribution in [3.8, 4) is 0 Å². The first-order valence-electron chi connectivity index (χ1n) is 2.97. The van der Waals surface area contributed by atoms with E-state index in [0.717, 1.165) is 0 Å². The number of carboxylic acids is 1. The Kier molecular flexibility index (Phi) is 4.57. The highest BCUT2D eigenvalue weighted by atomic mass is 19.3. The van der Waals surface area contributed by atoms with E-state index in [2.05, 4.69) is 4.74 Å². The van der Waals surface area contributed by atoms with Crippen molar-refractivity contribution in [1.82, 2.24) is 0 Å². The van der Waals surface area contributed by atoms with E-state index in [-0.39, 0.29) is 0 Å². The average Bonchev–Trinajstić information content (AvgIpc) is 2.00. The van der Waals surface area contributed by atoms with Crippen LogP contribution in [0.5, 0.6) is 0 Å². The molecule has 1 unspecified atom stereocenters. The van der Waals surface area contributed by atoms with Crippen LogP contribution in [-0.2, 0) is 14.3 Å². The van der Waals surface area contributed by atoms with E-state index < -0.39 is 24.7 Å². The Bertz CT molecular complexity index is 226. The van der Waals surface area contributed by atoms with Crippen LogP contribution in [0.1, 0.15) is 0 Å². The lowest BCUT2D eigenvalue weighted by atomic mass is 10.5. The second kappa shape index (κ2) is 5.18. The van der Waals surface area contributed by atoms with Crippen molar-refractivity contribution in [3.63, 3.8) is 0 Å². The molecule has 0 aliphatic heterocycles. The van der Waals surface area contributed by atoms with Gasteiger partial charge in [0.2, 0.25) is 0 Å². The Morgan fingerprint density at radius 2 is 1.77 bits per heavy atom. The largest absolute Gasteiger partial charge is 0.478 e. The molecule has 0 saturated carbocycles. The molecule has 74 valence electrons. The summed E-state index contributed by atoms with van der Waals surface area (Å²) in [6.45, 7) is 0. The highest BCUT2D eigenvalue weighted by Gasteiger charge is 2.22. The van der Waals surface area contributed by atoms with E-state index in [9.17, 15) is 22.8 Å². The van der Waals surface area contributed by atoms with Gasteiger partial charge in [0.05, 0.1) is 0 Å². The maximum Gasteiger partial charge on any atom is 0.333 e. The number of carbonyl (C=O) groups is 2. The Labute approximate surface area is 70.6 Å². The fourth-order valence-corrected chi connectivity index (χ4v) is 0.341. The predicted octanol–water partition coefficient (Wildman–Crippen LogP) is 0.731. The predicted molar refractivity (Wildman–Crippen MR) is 33.8 cm³/mol. The van der Waals surface area contributed by atoms with Crippen LogP contribution in [0.15, 0.2) is 12.2 Å². The molecule has 0 heterocycles. The molecule has 1 atom stereocenters. The molecule has 0 aromatic heterocycles. The molecule has 0 aliphatic carbocycles. The molecule has 0 bridgehead atoms. The van der Waals surface area contributed by atoms with Gasteiger partial charge in [-0.2, -0.15) is 4.39 Å². The highest BCUT2D eigenvalue weighted by Crippen LogP contribution is 2.06.